The Morgan fingerprint density at radius 2 is 1.47 bits per heavy atom. The summed E-state index contributed by atoms with van der Waals surface area (Å²) in [6.45, 7) is 3.55. The predicted octanol–water partition coefficient (Wildman–Crippen LogP) is 3.36. The van der Waals surface area contributed by atoms with Crippen molar-refractivity contribution in [3.05, 3.63) is 12.7 Å². The predicted molar refractivity (Wildman–Crippen MR) is 74.8 cm³/mol. The Morgan fingerprint density at radius 3 is 1.95 bits per heavy atom. The summed E-state index contributed by atoms with van der Waals surface area (Å²) in [5, 5.41) is 0. The van der Waals surface area contributed by atoms with Crippen LogP contribution in [0.15, 0.2) is 12.7 Å². The number of unbranched alkanes of at least 4 members (excludes halogenated alkanes) is 7. The normalized spacial score (nSPS) is 11.5. The summed E-state index contributed by atoms with van der Waals surface area (Å²) in [4.78, 5) is 27.8. The van der Waals surface area contributed by atoms with E-state index in [9.17, 15) is 9.36 Å². The van der Waals surface area contributed by atoms with Crippen molar-refractivity contribution in [2.45, 2.75) is 57.8 Å². The molecule has 0 atom stereocenters. The fourth-order valence-corrected chi connectivity index (χ4v) is 2.11. The van der Waals surface area contributed by atoms with Crippen LogP contribution in [0, 0.1) is 0 Å². The van der Waals surface area contributed by atoms with Crippen LogP contribution in [0.4, 0.5) is 0 Å². The van der Waals surface area contributed by atoms with Crippen LogP contribution >= 0.6 is 7.82 Å². The van der Waals surface area contributed by atoms with Gasteiger partial charge in [0.25, 0.3) is 0 Å². The van der Waals surface area contributed by atoms with Gasteiger partial charge < -0.3 is 9.79 Å². The highest BCUT2D eigenvalue weighted by molar-refractivity contribution is 7.46. The lowest BCUT2D eigenvalue weighted by Crippen LogP contribution is -1.92. The number of allylic oxidation sites excluding steroid dienone is 1. The molecule has 0 bridgehead atoms. The van der Waals surface area contributed by atoms with Crippen molar-refractivity contribution in [2.24, 2.45) is 0 Å². The number of carbonyl (C=O) groups excluding carboxylic acids is 1. The van der Waals surface area contributed by atoms with E-state index in [0.717, 1.165) is 44.9 Å². The van der Waals surface area contributed by atoms with Crippen molar-refractivity contribution >= 4 is 13.6 Å². The maximum Gasteiger partial charge on any atom is 0.469 e. The van der Waals surface area contributed by atoms with Gasteiger partial charge in [0, 0.05) is 6.42 Å². The fraction of sp³-hybridized carbons (Fsp3) is 0.769. The maximum atomic E-state index is 10.9. The van der Waals surface area contributed by atoms with E-state index in [1.165, 1.54) is 6.08 Å². The average Bonchev–Trinajstić information content (AvgIpc) is 2.34. The monoisotopic (exact) mass is 292 g/mol. The van der Waals surface area contributed by atoms with E-state index in [4.69, 9.17) is 9.79 Å². The zero-order chi connectivity index (χ0) is 14.6. The number of rotatable bonds is 13. The Labute approximate surface area is 115 Å². The second kappa shape index (κ2) is 11.4. The number of phosphoric acid groups is 1. The van der Waals surface area contributed by atoms with Crippen molar-refractivity contribution in [1.82, 2.24) is 0 Å². The van der Waals surface area contributed by atoms with Crippen LogP contribution in [0.5, 0.6) is 0 Å². The molecule has 5 nitrogen and oxygen atoms in total. The van der Waals surface area contributed by atoms with Crippen LogP contribution in [0.1, 0.15) is 57.8 Å². The second-order valence-corrected chi connectivity index (χ2v) is 5.81. The van der Waals surface area contributed by atoms with Gasteiger partial charge in [-0.2, -0.15) is 0 Å². The van der Waals surface area contributed by atoms with Crippen LogP contribution in [0.2, 0.25) is 0 Å². The Hall–Kier alpha value is -0.480. The molecule has 0 saturated carbocycles. The van der Waals surface area contributed by atoms with Crippen LogP contribution in [0.3, 0.4) is 0 Å². The second-order valence-electron chi connectivity index (χ2n) is 4.57. The average molecular weight is 292 g/mol. The molecule has 0 heterocycles. The van der Waals surface area contributed by atoms with Gasteiger partial charge >= 0.3 is 7.82 Å². The van der Waals surface area contributed by atoms with Crippen LogP contribution < -0.4 is 0 Å². The van der Waals surface area contributed by atoms with Gasteiger partial charge in [-0.1, -0.05) is 45.1 Å². The Balaban J connectivity index is 3.13. The summed E-state index contributed by atoms with van der Waals surface area (Å²) in [5.74, 6) is 0.116. The number of hydrogen-bond donors (Lipinski definition) is 2. The summed E-state index contributed by atoms with van der Waals surface area (Å²) in [6.07, 6.45) is 10.0. The van der Waals surface area contributed by atoms with Crippen molar-refractivity contribution in [2.75, 3.05) is 6.61 Å². The third-order valence-electron chi connectivity index (χ3n) is 2.80. The zero-order valence-corrected chi connectivity index (χ0v) is 12.3. The molecule has 0 amide bonds. The third kappa shape index (κ3) is 15.5. The van der Waals surface area contributed by atoms with Gasteiger partial charge in [0.05, 0.1) is 6.61 Å². The number of carbonyl (C=O) groups is 1. The molecule has 0 fully saturated rings. The van der Waals surface area contributed by atoms with Gasteiger partial charge in [0.2, 0.25) is 0 Å². The molecule has 0 saturated heterocycles. The molecular formula is C13H25O5P. The molecule has 0 aromatic carbocycles. The standard InChI is InChI=1S/C13H25O5P/c1-2-13(14)11-9-7-5-3-4-6-8-10-12-18-19(15,16)17/h2H,1,3-12H2,(H2,15,16,17). The van der Waals surface area contributed by atoms with Crippen molar-refractivity contribution < 1.29 is 23.7 Å². The summed E-state index contributed by atoms with van der Waals surface area (Å²) in [7, 11) is -4.29. The molecule has 0 aromatic heterocycles. The highest BCUT2D eigenvalue weighted by atomic mass is 31.2. The highest BCUT2D eigenvalue weighted by Gasteiger charge is 2.12. The molecule has 0 aromatic rings. The molecule has 0 rings (SSSR count). The molecular weight excluding hydrogens is 267 g/mol. The molecule has 0 spiro atoms. The smallest absolute Gasteiger partial charge is 0.303 e. The van der Waals surface area contributed by atoms with Crippen LogP contribution in [0.25, 0.3) is 0 Å². The Bertz CT molecular complexity index is 297. The van der Waals surface area contributed by atoms with Crippen molar-refractivity contribution in [1.29, 1.82) is 0 Å². The van der Waals surface area contributed by atoms with Crippen molar-refractivity contribution in [3.63, 3.8) is 0 Å². The summed E-state index contributed by atoms with van der Waals surface area (Å²) >= 11 is 0. The molecule has 0 aliphatic carbocycles. The first-order valence-corrected chi connectivity index (χ1v) is 8.34. The maximum absolute atomic E-state index is 10.9. The van der Waals surface area contributed by atoms with Gasteiger partial charge in [0.1, 0.15) is 0 Å². The highest BCUT2D eigenvalue weighted by Crippen LogP contribution is 2.35. The van der Waals surface area contributed by atoms with E-state index in [0.29, 0.717) is 12.8 Å². The minimum atomic E-state index is -4.29. The Kier molecular flexibility index (Phi) is 11.1. The van der Waals surface area contributed by atoms with E-state index < -0.39 is 7.82 Å². The van der Waals surface area contributed by atoms with E-state index in [2.05, 4.69) is 11.1 Å². The zero-order valence-electron chi connectivity index (χ0n) is 11.4. The fourth-order valence-electron chi connectivity index (χ4n) is 1.75. The minimum Gasteiger partial charge on any atom is -0.303 e. The van der Waals surface area contributed by atoms with E-state index >= 15 is 0 Å². The summed E-state index contributed by atoms with van der Waals surface area (Å²) < 4.78 is 14.7. The molecule has 112 valence electrons. The number of ketones is 1. The topological polar surface area (TPSA) is 83.8 Å². The summed E-state index contributed by atoms with van der Waals surface area (Å²) in [6, 6.07) is 0. The first kappa shape index (κ1) is 18.5. The molecule has 0 aliphatic rings. The largest absolute Gasteiger partial charge is 0.469 e. The van der Waals surface area contributed by atoms with Gasteiger partial charge in [-0.25, -0.2) is 4.57 Å². The lowest BCUT2D eigenvalue weighted by Gasteiger charge is -2.04. The summed E-state index contributed by atoms with van der Waals surface area (Å²) in [5.41, 5.74) is 0. The van der Waals surface area contributed by atoms with Gasteiger partial charge in [0.15, 0.2) is 5.78 Å². The van der Waals surface area contributed by atoms with E-state index in [1.54, 1.807) is 0 Å². The molecule has 19 heavy (non-hydrogen) atoms. The molecule has 0 aliphatic heterocycles. The van der Waals surface area contributed by atoms with E-state index in [-0.39, 0.29) is 12.4 Å². The first-order valence-electron chi connectivity index (χ1n) is 6.81. The SMILES string of the molecule is C=CC(=O)CCCCCCCCCCOP(=O)(O)O. The van der Waals surface area contributed by atoms with E-state index in [1.807, 2.05) is 0 Å². The van der Waals surface area contributed by atoms with Crippen LogP contribution in [-0.2, 0) is 13.9 Å². The molecule has 0 unspecified atom stereocenters. The van der Waals surface area contributed by atoms with Crippen molar-refractivity contribution in [3.8, 4) is 0 Å². The number of phosphoric ester groups is 1. The Morgan fingerprint density at radius 1 is 1.00 bits per heavy atom. The lowest BCUT2D eigenvalue weighted by molar-refractivity contribution is -0.114. The quantitative estimate of drug-likeness (QED) is 0.309. The van der Waals surface area contributed by atoms with Gasteiger partial charge in [-0.3, -0.25) is 9.32 Å². The van der Waals surface area contributed by atoms with Gasteiger partial charge in [-0.15, -0.1) is 0 Å². The third-order valence-corrected chi connectivity index (χ3v) is 3.32. The number of hydrogen-bond acceptors (Lipinski definition) is 3. The van der Waals surface area contributed by atoms with Gasteiger partial charge in [-0.05, 0) is 18.9 Å². The first-order chi connectivity index (χ1) is 8.95. The molecule has 0 radical (unpaired) electrons. The lowest BCUT2D eigenvalue weighted by atomic mass is 10.1. The molecule has 6 heteroatoms. The molecule has 2 N–H and O–H groups in total. The van der Waals surface area contributed by atoms with Crippen LogP contribution in [-0.4, -0.2) is 22.2 Å². The minimum absolute atomic E-state index is 0.116.